The summed E-state index contributed by atoms with van der Waals surface area (Å²) in [5.74, 6) is 1.38. The number of benzene rings is 1. The Morgan fingerprint density at radius 3 is 2.73 bits per heavy atom. The molecule has 30 heavy (non-hydrogen) atoms. The number of rotatable bonds is 4. The van der Waals surface area contributed by atoms with Crippen molar-refractivity contribution in [1.82, 2.24) is 24.0 Å². The third-order valence-electron chi connectivity index (χ3n) is 6.43. The van der Waals surface area contributed by atoms with Gasteiger partial charge in [0.15, 0.2) is 11.2 Å². The van der Waals surface area contributed by atoms with Gasteiger partial charge in [-0.3, -0.25) is 13.9 Å². The summed E-state index contributed by atoms with van der Waals surface area (Å²) in [6.45, 7) is 3.37. The van der Waals surface area contributed by atoms with Crippen LogP contribution in [0.15, 0.2) is 46.0 Å². The predicted octanol–water partition coefficient (Wildman–Crippen LogP) is 0.945. The van der Waals surface area contributed by atoms with Gasteiger partial charge in [0.1, 0.15) is 0 Å². The monoisotopic (exact) mass is 406 g/mol. The molecule has 0 saturated carbocycles. The molecule has 2 aromatic heterocycles. The van der Waals surface area contributed by atoms with Gasteiger partial charge < -0.3 is 14.8 Å². The van der Waals surface area contributed by atoms with E-state index in [9.17, 15) is 9.59 Å². The molecule has 2 unspecified atom stereocenters. The highest BCUT2D eigenvalue weighted by molar-refractivity contribution is 5.75. The Morgan fingerprint density at radius 2 is 1.93 bits per heavy atom. The lowest BCUT2D eigenvalue weighted by Gasteiger charge is -2.25. The van der Waals surface area contributed by atoms with Gasteiger partial charge in [0, 0.05) is 46.3 Å². The van der Waals surface area contributed by atoms with Gasteiger partial charge in [0.2, 0.25) is 5.95 Å². The van der Waals surface area contributed by atoms with Gasteiger partial charge in [0.05, 0.1) is 0 Å². The molecule has 0 radical (unpaired) electrons. The first-order valence-corrected chi connectivity index (χ1v) is 10.4. The molecular weight excluding hydrogens is 380 g/mol. The summed E-state index contributed by atoms with van der Waals surface area (Å²) in [7, 11) is 3.20. The van der Waals surface area contributed by atoms with Crippen molar-refractivity contribution in [2.75, 3.05) is 24.5 Å². The minimum absolute atomic E-state index is 0.305. The van der Waals surface area contributed by atoms with Crippen molar-refractivity contribution in [1.29, 1.82) is 0 Å². The van der Waals surface area contributed by atoms with E-state index in [0.29, 0.717) is 29.7 Å². The van der Waals surface area contributed by atoms with Gasteiger partial charge in [-0.15, -0.1) is 0 Å². The fourth-order valence-corrected chi connectivity index (χ4v) is 4.78. The normalized spacial score (nSPS) is 21.2. The number of nitrogens with one attached hydrogen (secondary N) is 1. The van der Waals surface area contributed by atoms with Crippen LogP contribution in [0, 0.1) is 5.92 Å². The minimum Gasteiger partial charge on any atom is -0.338 e. The molecule has 4 heterocycles. The zero-order valence-electron chi connectivity index (χ0n) is 17.3. The summed E-state index contributed by atoms with van der Waals surface area (Å²) in [4.78, 5) is 32.6. The number of fused-ring (bicyclic) bond motifs is 2. The Hall–Kier alpha value is -3.13. The van der Waals surface area contributed by atoms with Crippen molar-refractivity contribution < 1.29 is 0 Å². The zero-order valence-corrected chi connectivity index (χ0v) is 17.3. The zero-order chi connectivity index (χ0) is 20.8. The van der Waals surface area contributed by atoms with Crippen LogP contribution in [0.1, 0.15) is 12.0 Å². The molecule has 5 rings (SSSR count). The Balaban J connectivity index is 1.65. The molecule has 0 aliphatic carbocycles. The third-order valence-corrected chi connectivity index (χ3v) is 6.43. The molecule has 2 saturated heterocycles. The highest BCUT2D eigenvalue weighted by Crippen LogP contribution is 2.32. The van der Waals surface area contributed by atoms with Gasteiger partial charge in [-0.1, -0.05) is 42.5 Å². The Morgan fingerprint density at radius 1 is 1.13 bits per heavy atom. The second kappa shape index (κ2) is 7.28. The van der Waals surface area contributed by atoms with Crippen LogP contribution in [0.2, 0.25) is 0 Å². The van der Waals surface area contributed by atoms with E-state index in [2.05, 4.69) is 10.2 Å². The van der Waals surface area contributed by atoms with Crippen molar-refractivity contribution in [2.45, 2.75) is 19.0 Å². The molecule has 1 aromatic carbocycles. The molecule has 0 bridgehead atoms. The van der Waals surface area contributed by atoms with Gasteiger partial charge in [0.25, 0.3) is 5.56 Å². The Kier molecular flexibility index (Phi) is 4.58. The summed E-state index contributed by atoms with van der Waals surface area (Å²) in [5.41, 5.74) is 1.36. The first-order valence-electron chi connectivity index (χ1n) is 10.4. The minimum atomic E-state index is -0.356. The van der Waals surface area contributed by atoms with E-state index in [1.165, 1.54) is 11.6 Å². The van der Waals surface area contributed by atoms with Crippen molar-refractivity contribution in [2.24, 2.45) is 20.0 Å². The maximum absolute atomic E-state index is 13.0. The fourth-order valence-electron chi connectivity index (χ4n) is 4.78. The van der Waals surface area contributed by atoms with Crippen molar-refractivity contribution in [3.8, 4) is 0 Å². The number of hydrogen-bond acceptors (Lipinski definition) is 5. The molecular formula is C22H26N6O2. The SMILES string of the molecule is Cn1c(=O)c2c(nc(N3CCC4CNCC43)n2CC=Cc2ccccc2)n(C)c1=O. The average molecular weight is 406 g/mol. The molecule has 1 N–H and O–H groups in total. The smallest absolute Gasteiger partial charge is 0.332 e. The maximum Gasteiger partial charge on any atom is 0.332 e. The Labute approximate surface area is 174 Å². The van der Waals surface area contributed by atoms with Crippen LogP contribution in [0.3, 0.4) is 0 Å². The van der Waals surface area contributed by atoms with Crippen LogP contribution < -0.4 is 21.5 Å². The number of allylic oxidation sites excluding steroid dienone is 1. The van der Waals surface area contributed by atoms with Crippen molar-refractivity contribution >= 4 is 23.2 Å². The largest absolute Gasteiger partial charge is 0.338 e. The topological polar surface area (TPSA) is 77.1 Å². The van der Waals surface area contributed by atoms with Crippen LogP contribution in [0.25, 0.3) is 17.2 Å². The van der Waals surface area contributed by atoms with Crippen LogP contribution >= 0.6 is 0 Å². The van der Waals surface area contributed by atoms with Crippen LogP contribution in [0.5, 0.6) is 0 Å². The lowest BCUT2D eigenvalue weighted by molar-refractivity contribution is 0.573. The van der Waals surface area contributed by atoms with Gasteiger partial charge in [-0.25, -0.2) is 4.79 Å². The average Bonchev–Trinajstić information content (AvgIpc) is 3.46. The Bertz CT molecular complexity index is 1240. The summed E-state index contributed by atoms with van der Waals surface area (Å²) in [6, 6.07) is 10.5. The van der Waals surface area contributed by atoms with Crippen molar-refractivity contribution in [3.63, 3.8) is 0 Å². The number of aryl methyl sites for hydroxylation is 1. The first kappa shape index (κ1) is 18.9. The molecule has 2 aliphatic rings. The summed E-state index contributed by atoms with van der Waals surface area (Å²) >= 11 is 0. The van der Waals surface area contributed by atoms with E-state index in [0.717, 1.165) is 42.1 Å². The summed E-state index contributed by atoms with van der Waals surface area (Å²) in [5, 5.41) is 3.47. The van der Waals surface area contributed by atoms with Gasteiger partial charge in [-0.2, -0.15) is 4.98 Å². The van der Waals surface area contributed by atoms with E-state index >= 15 is 0 Å². The second-order valence-electron chi connectivity index (χ2n) is 8.18. The molecule has 0 amide bonds. The lowest BCUT2D eigenvalue weighted by Crippen LogP contribution is -2.38. The number of hydrogen-bond donors (Lipinski definition) is 1. The standard InChI is InChI=1S/C22H26N6O2/c1-25-19-18(20(29)26(2)22(25)30)28(11-6-9-15-7-4-3-5-8-15)21(24-19)27-12-10-16-13-23-14-17(16)27/h3-9,16-17,23H,10-14H2,1-2H3. The number of imidazole rings is 1. The maximum atomic E-state index is 13.0. The predicted molar refractivity (Wildman–Crippen MR) is 118 cm³/mol. The quantitative estimate of drug-likeness (QED) is 0.698. The molecule has 8 heteroatoms. The van der Waals surface area contributed by atoms with Gasteiger partial charge >= 0.3 is 5.69 Å². The van der Waals surface area contributed by atoms with Crippen LogP contribution in [-0.2, 0) is 20.6 Å². The summed E-state index contributed by atoms with van der Waals surface area (Å²) < 4.78 is 4.60. The van der Waals surface area contributed by atoms with Crippen LogP contribution in [-0.4, -0.2) is 44.4 Å². The van der Waals surface area contributed by atoms with E-state index in [1.54, 1.807) is 7.05 Å². The number of anilines is 1. The van der Waals surface area contributed by atoms with E-state index < -0.39 is 0 Å². The lowest BCUT2D eigenvalue weighted by atomic mass is 10.1. The first-order chi connectivity index (χ1) is 14.6. The molecule has 0 spiro atoms. The van der Waals surface area contributed by atoms with E-state index in [1.807, 2.05) is 47.1 Å². The molecule has 3 aromatic rings. The molecule has 2 aliphatic heterocycles. The molecule has 156 valence electrons. The number of nitrogens with zero attached hydrogens (tertiary/aromatic N) is 5. The number of aromatic nitrogens is 4. The van der Waals surface area contributed by atoms with E-state index in [-0.39, 0.29) is 11.2 Å². The third kappa shape index (κ3) is 2.90. The molecule has 2 fully saturated rings. The fraction of sp³-hybridized carbons (Fsp3) is 0.409. The van der Waals surface area contributed by atoms with Gasteiger partial charge in [-0.05, 0) is 17.9 Å². The van der Waals surface area contributed by atoms with Crippen LogP contribution in [0.4, 0.5) is 5.95 Å². The van der Waals surface area contributed by atoms with E-state index in [4.69, 9.17) is 4.98 Å². The second-order valence-corrected chi connectivity index (χ2v) is 8.18. The summed E-state index contributed by atoms with van der Waals surface area (Å²) in [6.07, 6.45) is 5.20. The molecule has 8 nitrogen and oxygen atoms in total. The highest BCUT2D eigenvalue weighted by atomic mass is 16.2. The van der Waals surface area contributed by atoms with Crippen molar-refractivity contribution in [3.05, 3.63) is 62.8 Å². The molecule has 2 atom stereocenters. The highest BCUT2D eigenvalue weighted by Gasteiger charge is 2.40.